The third-order valence-corrected chi connectivity index (χ3v) is 1.83. The lowest BCUT2D eigenvalue weighted by atomic mass is 10.3. The molecular formula is C9H11F2N3S. The monoisotopic (exact) mass is 231 g/mol. The van der Waals surface area contributed by atoms with E-state index in [1.807, 2.05) is 6.92 Å². The summed E-state index contributed by atoms with van der Waals surface area (Å²) in [7, 11) is 0. The first-order chi connectivity index (χ1) is 7.13. The second kappa shape index (κ2) is 5.45. The number of hydrogen-bond donors (Lipinski definition) is 3. The summed E-state index contributed by atoms with van der Waals surface area (Å²) >= 11 is 4.84. The van der Waals surface area contributed by atoms with Gasteiger partial charge in [-0.1, -0.05) is 0 Å². The Labute approximate surface area is 91.8 Å². The van der Waals surface area contributed by atoms with Crippen LogP contribution in [0.15, 0.2) is 18.2 Å². The van der Waals surface area contributed by atoms with Gasteiger partial charge in [0.1, 0.15) is 5.82 Å². The smallest absolute Gasteiger partial charge is 0.185 e. The van der Waals surface area contributed by atoms with Crippen LogP contribution in [0, 0.1) is 11.6 Å². The Hall–Kier alpha value is -1.43. The van der Waals surface area contributed by atoms with Crippen LogP contribution in [0.1, 0.15) is 6.92 Å². The van der Waals surface area contributed by atoms with Crippen molar-refractivity contribution in [1.82, 2.24) is 10.7 Å². The quantitative estimate of drug-likeness (QED) is 0.547. The summed E-state index contributed by atoms with van der Waals surface area (Å²) in [5.74, 6) is -1.30. The SMILES string of the molecule is CCNC(=S)NNc1ccc(F)cc1F. The van der Waals surface area contributed by atoms with Crippen molar-refractivity contribution < 1.29 is 8.78 Å². The minimum Gasteiger partial charge on any atom is -0.362 e. The van der Waals surface area contributed by atoms with Gasteiger partial charge in [0.25, 0.3) is 0 Å². The highest BCUT2D eigenvalue weighted by Gasteiger charge is 2.02. The van der Waals surface area contributed by atoms with Gasteiger partial charge >= 0.3 is 0 Å². The standard InChI is InChI=1S/C9H11F2N3S/c1-2-12-9(15)14-13-8-4-3-6(10)5-7(8)11/h3-5,13H,2H2,1H3,(H2,12,14,15). The van der Waals surface area contributed by atoms with Crippen molar-refractivity contribution in [2.24, 2.45) is 0 Å². The molecule has 0 unspecified atom stereocenters. The summed E-state index contributed by atoms with van der Waals surface area (Å²) in [6.07, 6.45) is 0. The van der Waals surface area contributed by atoms with Crippen LogP contribution in [-0.2, 0) is 0 Å². The van der Waals surface area contributed by atoms with Crippen LogP contribution in [0.5, 0.6) is 0 Å². The molecule has 0 amide bonds. The first-order valence-corrected chi connectivity index (χ1v) is 4.79. The predicted molar refractivity (Wildman–Crippen MR) is 59.4 cm³/mol. The van der Waals surface area contributed by atoms with Crippen LogP contribution in [0.2, 0.25) is 0 Å². The molecule has 1 rings (SSSR count). The highest BCUT2D eigenvalue weighted by atomic mass is 32.1. The molecule has 0 bridgehead atoms. The first-order valence-electron chi connectivity index (χ1n) is 4.38. The van der Waals surface area contributed by atoms with E-state index in [4.69, 9.17) is 12.2 Å². The van der Waals surface area contributed by atoms with E-state index in [0.29, 0.717) is 11.7 Å². The molecule has 0 radical (unpaired) electrons. The molecule has 0 heterocycles. The molecule has 0 saturated carbocycles. The van der Waals surface area contributed by atoms with Gasteiger partial charge in [-0.2, -0.15) is 0 Å². The van der Waals surface area contributed by atoms with Crippen molar-refractivity contribution >= 4 is 23.0 Å². The van der Waals surface area contributed by atoms with Crippen molar-refractivity contribution in [1.29, 1.82) is 0 Å². The Morgan fingerprint density at radius 3 is 2.73 bits per heavy atom. The van der Waals surface area contributed by atoms with Crippen LogP contribution in [0.25, 0.3) is 0 Å². The maximum Gasteiger partial charge on any atom is 0.185 e. The number of hydrazine groups is 1. The fourth-order valence-corrected chi connectivity index (χ4v) is 1.12. The molecular weight excluding hydrogens is 220 g/mol. The molecule has 0 aliphatic rings. The zero-order valence-corrected chi connectivity index (χ0v) is 8.92. The highest BCUT2D eigenvalue weighted by molar-refractivity contribution is 7.80. The van der Waals surface area contributed by atoms with Gasteiger partial charge < -0.3 is 5.32 Å². The van der Waals surface area contributed by atoms with Crippen molar-refractivity contribution in [3.8, 4) is 0 Å². The van der Waals surface area contributed by atoms with Crippen LogP contribution >= 0.6 is 12.2 Å². The Morgan fingerprint density at radius 1 is 1.40 bits per heavy atom. The van der Waals surface area contributed by atoms with Gasteiger partial charge in [-0.3, -0.25) is 10.9 Å². The molecule has 0 spiro atoms. The van der Waals surface area contributed by atoms with Crippen molar-refractivity contribution in [3.05, 3.63) is 29.8 Å². The maximum atomic E-state index is 13.1. The molecule has 82 valence electrons. The van der Waals surface area contributed by atoms with Gasteiger partial charge in [0.05, 0.1) is 5.69 Å². The fourth-order valence-electron chi connectivity index (χ4n) is 0.920. The normalized spacial score (nSPS) is 9.53. The minimum atomic E-state index is -0.679. The molecule has 0 atom stereocenters. The van der Waals surface area contributed by atoms with E-state index < -0.39 is 11.6 Å². The summed E-state index contributed by atoms with van der Waals surface area (Å²) in [5, 5.41) is 3.16. The average molecular weight is 231 g/mol. The number of rotatable bonds is 3. The minimum absolute atomic E-state index is 0.136. The van der Waals surface area contributed by atoms with Gasteiger partial charge in [-0.15, -0.1) is 0 Å². The Morgan fingerprint density at radius 2 is 2.13 bits per heavy atom. The molecule has 0 aliphatic carbocycles. The molecule has 1 aromatic rings. The van der Waals surface area contributed by atoms with Crippen molar-refractivity contribution in [3.63, 3.8) is 0 Å². The largest absolute Gasteiger partial charge is 0.362 e. The topological polar surface area (TPSA) is 36.1 Å². The Kier molecular flexibility index (Phi) is 4.23. The molecule has 1 aromatic carbocycles. The fraction of sp³-hybridized carbons (Fsp3) is 0.222. The summed E-state index contributed by atoms with van der Waals surface area (Å²) in [4.78, 5) is 0. The van der Waals surface area contributed by atoms with E-state index in [1.54, 1.807) is 0 Å². The van der Waals surface area contributed by atoms with Crippen molar-refractivity contribution in [2.45, 2.75) is 6.92 Å². The number of nitrogens with one attached hydrogen (secondary N) is 3. The van der Waals surface area contributed by atoms with E-state index in [1.165, 1.54) is 6.07 Å². The summed E-state index contributed by atoms with van der Waals surface area (Å²) in [6, 6.07) is 3.23. The maximum absolute atomic E-state index is 13.1. The van der Waals surface area contributed by atoms with E-state index >= 15 is 0 Å². The predicted octanol–water partition coefficient (Wildman–Crippen LogP) is 1.78. The first kappa shape index (κ1) is 11.6. The number of halogens is 2. The molecule has 3 nitrogen and oxygen atoms in total. The molecule has 0 saturated heterocycles. The van der Waals surface area contributed by atoms with Crippen LogP contribution in [0.3, 0.4) is 0 Å². The molecule has 0 fully saturated rings. The van der Waals surface area contributed by atoms with Gasteiger partial charge in [0, 0.05) is 12.6 Å². The van der Waals surface area contributed by atoms with Gasteiger partial charge in [-0.25, -0.2) is 8.78 Å². The lowest BCUT2D eigenvalue weighted by Gasteiger charge is -2.11. The molecule has 3 N–H and O–H groups in total. The molecule has 0 aromatic heterocycles. The molecule has 6 heteroatoms. The van der Waals surface area contributed by atoms with Gasteiger partial charge in [0.2, 0.25) is 0 Å². The zero-order chi connectivity index (χ0) is 11.3. The van der Waals surface area contributed by atoms with E-state index in [0.717, 1.165) is 12.1 Å². The van der Waals surface area contributed by atoms with E-state index in [9.17, 15) is 8.78 Å². The lowest BCUT2D eigenvalue weighted by molar-refractivity contribution is 0.584. The summed E-state index contributed by atoms with van der Waals surface area (Å²) in [5.41, 5.74) is 5.23. The number of hydrogen-bond acceptors (Lipinski definition) is 2. The number of benzene rings is 1. The third kappa shape index (κ3) is 3.67. The lowest BCUT2D eigenvalue weighted by Crippen LogP contribution is -2.38. The number of thiocarbonyl (C=S) groups is 1. The number of anilines is 1. The average Bonchev–Trinajstić information content (AvgIpc) is 2.17. The second-order valence-corrected chi connectivity index (χ2v) is 3.14. The van der Waals surface area contributed by atoms with Gasteiger partial charge in [-0.05, 0) is 31.3 Å². The molecule has 0 aliphatic heterocycles. The van der Waals surface area contributed by atoms with Gasteiger partial charge in [0.15, 0.2) is 10.9 Å². The Bertz CT molecular complexity index is 357. The Balaban J connectivity index is 2.54. The van der Waals surface area contributed by atoms with E-state index in [2.05, 4.69) is 16.2 Å². The van der Waals surface area contributed by atoms with E-state index in [-0.39, 0.29) is 5.69 Å². The summed E-state index contributed by atoms with van der Waals surface area (Å²) in [6.45, 7) is 2.55. The highest BCUT2D eigenvalue weighted by Crippen LogP contribution is 2.13. The van der Waals surface area contributed by atoms with Crippen LogP contribution < -0.4 is 16.2 Å². The second-order valence-electron chi connectivity index (χ2n) is 2.73. The van der Waals surface area contributed by atoms with Crippen molar-refractivity contribution in [2.75, 3.05) is 12.0 Å². The van der Waals surface area contributed by atoms with Crippen LogP contribution in [-0.4, -0.2) is 11.7 Å². The van der Waals surface area contributed by atoms with Crippen LogP contribution in [0.4, 0.5) is 14.5 Å². The molecule has 15 heavy (non-hydrogen) atoms. The summed E-state index contributed by atoms with van der Waals surface area (Å²) < 4.78 is 25.6. The third-order valence-electron chi connectivity index (χ3n) is 1.58. The zero-order valence-electron chi connectivity index (χ0n) is 8.10.